The second-order valence-corrected chi connectivity index (χ2v) is 6.36. The van der Waals surface area contributed by atoms with Gasteiger partial charge in [-0.2, -0.15) is 0 Å². The number of aromatic nitrogens is 1. The van der Waals surface area contributed by atoms with E-state index in [1.807, 2.05) is 37.3 Å². The first kappa shape index (κ1) is 19.4. The van der Waals surface area contributed by atoms with Crippen LogP contribution in [0.15, 0.2) is 72.9 Å². The molecule has 28 heavy (non-hydrogen) atoms. The van der Waals surface area contributed by atoms with E-state index in [-0.39, 0.29) is 5.91 Å². The predicted octanol–water partition coefficient (Wildman–Crippen LogP) is 4.78. The monoisotopic (exact) mass is 375 g/mol. The molecule has 0 saturated heterocycles. The average Bonchev–Trinajstić information content (AvgIpc) is 2.74. The van der Waals surface area contributed by atoms with Crippen LogP contribution in [0, 0.1) is 0 Å². The van der Waals surface area contributed by atoms with Gasteiger partial charge in [-0.15, -0.1) is 0 Å². The highest BCUT2D eigenvalue weighted by molar-refractivity contribution is 6.04. The zero-order chi connectivity index (χ0) is 19.6. The molecule has 3 rings (SSSR count). The number of anilines is 2. The van der Waals surface area contributed by atoms with E-state index in [4.69, 9.17) is 4.74 Å². The Morgan fingerprint density at radius 3 is 2.57 bits per heavy atom. The van der Waals surface area contributed by atoms with Crippen molar-refractivity contribution in [3.8, 4) is 5.75 Å². The summed E-state index contributed by atoms with van der Waals surface area (Å²) in [5, 5.41) is 6.18. The number of rotatable bonds is 9. The maximum absolute atomic E-state index is 12.5. The number of ether oxygens (including phenoxy) is 1. The lowest BCUT2D eigenvalue weighted by Gasteiger charge is -2.09. The van der Waals surface area contributed by atoms with Crippen molar-refractivity contribution in [1.29, 1.82) is 0 Å². The smallest absolute Gasteiger partial charge is 0.255 e. The number of pyridine rings is 1. The first-order valence-corrected chi connectivity index (χ1v) is 9.52. The molecular weight excluding hydrogens is 350 g/mol. The van der Waals surface area contributed by atoms with Gasteiger partial charge in [-0.1, -0.05) is 30.3 Å². The second kappa shape index (κ2) is 10.1. The lowest BCUT2D eigenvalue weighted by Crippen LogP contribution is -2.13. The molecule has 0 aliphatic rings. The van der Waals surface area contributed by atoms with Crippen LogP contribution in [-0.4, -0.2) is 24.0 Å². The summed E-state index contributed by atoms with van der Waals surface area (Å²) in [5.74, 6) is 1.32. The maximum Gasteiger partial charge on any atom is 0.255 e. The van der Waals surface area contributed by atoms with Crippen molar-refractivity contribution >= 4 is 17.4 Å². The number of nitrogens with one attached hydrogen (secondary N) is 2. The van der Waals surface area contributed by atoms with Gasteiger partial charge in [-0.3, -0.25) is 4.79 Å². The highest BCUT2D eigenvalue weighted by Crippen LogP contribution is 2.17. The molecule has 3 aromatic rings. The van der Waals surface area contributed by atoms with Crippen molar-refractivity contribution in [2.45, 2.75) is 19.8 Å². The molecular formula is C23H25N3O2. The summed E-state index contributed by atoms with van der Waals surface area (Å²) >= 11 is 0. The number of carbonyl (C=O) groups excluding carboxylic acids is 1. The van der Waals surface area contributed by atoms with E-state index in [1.54, 1.807) is 18.3 Å². The quantitative estimate of drug-likeness (QED) is 0.529. The SMILES string of the molecule is CCOc1ccc(NC(=O)c2ccnc(NCCCc3ccccc3)c2)cc1. The number of benzene rings is 2. The summed E-state index contributed by atoms with van der Waals surface area (Å²) in [5.41, 5.74) is 2.61. The minimum Gasteiger partial charge on any atom is -0.494 e. The van der Waals surface area contributed by atoms with E-state index in [0.29, 0.717) is 18.0 Å². The standard InChI is InChI=1S/C23H25N3O2/c1-2-28-21-12-10-20(11-13-21)26-23(27)19-14-16-25-22(17-19)24-15-6-9-18-7-4-3-5-8-18/h3-5,7-8,10-14,16-17H,2,6,9,15H2,1H3,(H,24,25)(H,26,27). The summed E-state index contributed by atoms with van der Waals surface area (Å²) in [7, 11) is 0. The summed E-state index contributed by atoms with van der Waals surface area (Å²) in [6, 6.07) is 21.2. The Kier molecular flexibility index (Phi) is 7.01. The highest BCUT2D eigenvalue weighted by atomic mass is 16.5. The van der Waals surface area contributed by atoms with Gasteiger partial charge in [0.05, 0.1) is 6.61 Å². The molecule has 144 valence electrons. The molecule has 0 radical (unpaired) electrons. The van der Waals surface area contributed by atoms with Gasteiger partial charge < -0.3 is 15.4 Å². The summed E-state index contributed by atoms with van der Waals surface area (Å²) in [4.78, 5) is 16.8. The van der Waals surface area contributed by atoms with E-state index >= 15 is 0 Å². The normalized spacial score (nSPS) is 10.3. The number of hydrogen-bond acceptors (Lipinski definition) is 4. The van der Waals surface area contributed by atoms with Crippen LogP contribution in [0.2, 0.25) is 0 Å². The van der Waals surface area contributed by atoms with Gasteiger partial charge >= 0.3 is 0 Å². The Morgan fingerprint density at radius 1 is 1.04 bits per heavy atom. The Balaban J connectivity index is 1.51. The zero-order valence-electron chi connectivity index (χ0n) is 16.0. The molecule has 2 aromatic carbocycles. The highest BCUT2D eigenvalue weighted by Gasteiger charge is 2.08. The molecule has 1 aromatic heterocycles. The zero-order valence-corrected chi connectivity index (χ0v) is 16.0. The van der Waals surface area contributed by atoms with Crippen LogP contribution in [-0.2, 0) is 6.42 Å². The van der Waals surface area contributed by atoms with Gasteiger partial charge in [-0.25, -0.2) is 4.98 Å². The van der Waals surface area contributed by atoms with Crippen molar-refractivity contribution in [3.05, 3.63) is 84.1 Å². The Labute approximate surface area is 165 Å². The molecule has 0 bridgehead atoms. The summed E-state index contributed by atoms with van der Waals surface area (Å²) in [6.45, 7) is 3.35. The number of nitrogens with zero attached hydrogens (tertiary/aromatic N) is 1. The lowest BCUT2D eigenvalue weighted by molar-refractivity contribution is 0.102. The summed E-state index contributed by atoms with van der Waals surface area (Å²) < 4.78 is 5.41. The van der Waals surface area contributed by atoms with Crippen LogP contribution in [0.3, 0.4) is 0 Å². The average molecular weight is 375 g/mol. The second-order valence-electron chi connectivity index (χ2n) is 6.36. The van der Waals surface area contributed by atoms with E-state index in [9.17, 15) is 4.79 Å². The van der Waals surface area contributed by atoms with Crippen LogP contribution in [0.25, 0.3) is 0 Å². The van der Waals surface area contributed by atoms with Crippen LogP contribution in [0.4, 0.5) is 11.5 Å². The molecule has 0 atom stereocenters. The third-order valence-corrected chi connectivity index (χ3v) is 4.24. The van der Waals surface area contributed by atoms with Crippen molar-refractivity contribution in [3.63, 3.8) is 0 Å². The van der Waals surface area contributed by atoms with Gasteiger partial charge in [0.25, 0.3) is 5.91 Å². The number of amides is 1. The van der Waals surface area contributed by atoms with Gasteiger partial charge in [0.1, 0.15) is 11.6 Å². The van der Waals surface area contributed by atoms with Gasteiger partial charge in [0, 0.05) is 24.0 Å². The first-order chi connectivity index (χ1) is 13.7. The molecule has 0 unspecified atom stereocenters. The third-order valence-electron chi connectivity index (χ3n) is 4.24. The van der Waals surface area contributed by atoms with Crippen molar-refractivity contribution in [2.24, 2.45) is 0 Å². The van der Waals surface area contributed by atoms with Gasteiger partial charge in [0.15, 0.2) is 0 Å². The van der Waals surface area contributed by atoms with E-state index in [1.165, 1.54) is 5.56 Å². The lowest BCUT2D eigenvalue weighted by atomic mass is 10.1. The van der Waals surface area contributed by atoms with E-state index in [2.05, 4.69) is 39.9 Å². The fourth-order valence-corrected chi connectivity index (χ4v) is 2.83. The third kappa shape index (κ3) is 5.84. The largest absolute Gasteiger partial charge is 0.494 e. The van der Waals surface area contributed by atoms with Gasteiger partial charge in [-0.05, 0) is 61.7 Å². The fourth-order valence-electron chi connectivity index (χ4n) is 2.83. The molecule has 5 heteroatoms. The van der Waals surface area contributed by atoms with Crippen molar-refractivity contribution in [1.82, 2.24) is 4.98 Å². The molecule has 1 heterocycles. The molecule has 2 N–H and O–H groups in total. The molecule has 0 saturated carbocycles. The molecule has 0 aliphatic carbocycles. The molecule has 0 fully saturated rings. The topological polar surface area (TPSA) is 63.2 Å². The molecule has 0 spiro atoms. The molecule has 1 amide bonds. The Hall–Kier alpha value is -3.34. The maximum atomic E-state index is 12.5. The molecule has 0 aliphatic heterocycles. The van der Waals surface area contributed by atoms with E-state index < -0.39 is 0 Å². The number of aryl methyl sites for hydroxylation is 1. The fraction of sp³-hybridized carbons (Fsp3) is 0.217. The van der Waals surface area contributed by atoms with Crippen molar-refractivity contribution < 1.29 is 9.53 Å². The minimum atomic E-state index is -0.168. The van der Waals surface area contributed by atoms with Crippen LogP contribution >= 0.6 is 0 Å². The van der Waals surface area contributed by atoms with Crippen LogP contribution < -0.4 is 15.4 Å². The van der Waals surface area contributed by atoms with E-state index in [0.717, 1.165) is 30.8 Å². The van der Waals surface area contributed by atoms with Gasteiger partial charge in [0.2, 0.25) is 0 Å². The van der Waals surface area contributed by atoms with Crippen LogP contribution in [0.1, 0.15) is 29.3 Å². The number of carbonyl (C=O) groups is 1. The van der Waals surface area contributed by atoms with Crippen LogP contribution in [0.5, 0.6) is 5.75 Å². The minimum absolute atomic E-state index is 0.168. The predicted molar refractivity (Wildman–Crippen MR) is 113 cm³/mol. The number of hydrogen-bond donors (Lipinski definition) is 2. The first-order valence-electron chi connectivity index (χ1n) is 9.52. The Bertz CT molecular complexity index is 880. The molecule has 5 nitrogen and oxygen atoms in total. The Morgan fingerprint density at radius 2 is 1.82 bits per heavy atom. The summed E-state index contributed by atoms with van der Waals surface area (Å²) in [6.07, 6.45) is 3.65. The van der Waals surface area contributed by atoms with Crippen molar-refractivity contribution in [2.75, 3.05) is 23.8 Å².